The van der Waals surface area contributed by atoms with Gasteiger partial charge in [-0.05, 0) is 30.5 Å². The molecular formula is C13H22N4O. The first-order valence-corrected chi connectivity index (χ1v) is 6.07. The van der Waals surface area contributed by atoms with Gasteiger partial charge < -0.3 is 16.8 Å². The molecule has 0 bridgehead atoms. The van der Waals surface area contributed by atoms with Crippen LogP contribution in [0.4, 0.5) is 5.82 Å². The van der Waals surface area contributed by atoms with Gasteiger partial charge in [-0.2, -0.15) is 0 Å². The molecule has 0 saturated carbocycles. The normalized spacial score (nSPS) is 13.1. The van der Waals surface area contributed by atoms with E-state index in [1.54, 1.807) is 12.1 Å². The van der Waals surface area contributed by atoms with Crippen LogP contribution in [0.3, 0.4) is 0 Å². The van der Waals surface area contributed by atoms with Gasteiger partial charge in [0.15, 0.2) is 0 Å². The SMILES string of the molecule is CC(C)(C)C(CCN)Nc1ccc(C(N)=O)cn1. The maximum Gasteiger partial charge on any atom is 0.250 e. The predicted octanol–water partition coefficient (Wildman–Crippen LogP) is 1.36. The maximum atomic E-state index is 10.9. The number of hydrogen-bond acceptors (Lipinski definition) is 4. The first-order valence-electron chi connectivity index (χ1n) is 6.07. The van der Waals surface area contributed by atoms with Crippen LogP contribution in [0.2, 0.25) is 0 Å². The fourth-order valence-corrected chi connectivity index (χ4v) is 1.69. The molecule has 1 heterocycles. The minimum Gasteiger partial charge on any atom is -0.367 e. The van der Waals surface area contributed by atoms with E-state index in [2.05, 4.69) is 31.1 Å². The molecule has 0 saturated heterocycles. The topological polar surface area (TPSA) is 94.0 Å². The summed E-state index contributed by atoms with van der Waals surface area (Å²) in [7, 11) is 0. The Morgan fingerprint density at radius 1 is 1.44 bits per heavy atom. The Labute approximate surface area is 108 Å². The highest BCUT2D eigenvalue weighted by Crippen LogP contribution is 2.24. The van der Waals surface area contributed by atoms with Gasteiger partial charge in [-0.3, -0.25) is 4.79 Å². The number of nitrogens with one attached hydrogen (secondary N) is 1. The lowest BCUT2D eigenvalue weighted by molar-refractivity contribution is 0.1000. The third kappa shape index (κ3) is 4.00. The van der Waals surface area contributed by atoms with Crippen LogP contribution in [0.15, 0.2) is 18.3 Å². The first kappa shape index (κ1) is 14.4. The average molecular weight is 250 g/mol. The van der Waals surface area contributed by atoms with Crippen molar-refractivity contribution >= 4 is 11.7 Å². The van der Waals surface area contributed by atoms with Crippen LogP contribution < -0.4 is 16.8 Å². The van der Waals surface area contributed by atoms with Crippen LogP contribution in [0.5, 0.6) is 0 Å². The van der Waals surface area contributed by atoms with Gasteiger partial charge in [0.2, 0.25) is 5.91 Å². The molecule has 5 nitrogen and oxygen atoms in total. The monoisotopic (exact) mass is 250 g/mol. The molecule has 0 radical (unpaired) electrons. The minimum absolute atomic E-state index is 0.0867. The Hall–Kier alpha value is -1.62. The van der Waals surface area contributed by atoms with E-state index < -0.39 is 5.91 Å². The van der Waals surface area contributed by atoms with Gasteiger partial charge >= 0.3 is 0 Å². The number of hydrogen-bond donors (Lipinski definition) is 3. The number of anilines is 1. The van der Waals surface area contributed by atoms with Crippen molar-refractivity contribution in [3.63, 3.8) is 0 Å². The molecule has 0 fully saturated rings. The summed E-state index contributed by atoms with van der Waals surface area (Å²) in [6, 6.07) is 3.66. The van der Waals surface area contributed by atoms with Crippen LogP contribution in [-0.4, -0.2) is 23.5 Å². The van der Waals surface area contributed by atoms with Gasteiger partial charge in [-0.25, -0.2) is 4.98 Å². The molecule has 0 aromatic carbocycles. The summed E-state index contributed by atoms with van der Waals surface area (Å²) in [4.78, 5) is 15.1. The second-order valence-corrected chi connectivity index (χ2v) is 5.44. The second-order valence-electron chi connectivity index (χ2n) is 5.44. The fourth-order valence-electron chi connectivity index (χ4n) is 1.69. The van der Waals surface area contributed by atoms with Crippen LogP contribution in [0.25, 0.3) is 0 Å². The molecule has 18 heavy (non-hydrogen) atoms. The Kier molecular flexibility index (Phi) is 4.67. The zero-order chi connectivity index (χ0) is 13.8. The summed E-state index contributed by atoms with van der Waals surface area (Å²) in [5.74, 6) is 0.261. The third-order valence-corrected chi connectivity index (χ3v) is 2.87. The zero-order valence-corrected chi connectivity index (χ0v) is 11.2. The number of amides is 1. The van der Waals surface area contributed by atoms with Gasteiger partial charge in [0, 0.05) is 12.2 Å². The molecule has 1 amide bonds. The average Bonchev–Trinajstić information content (AvgIpc) is 2.28. The number of carbonyl (C=O) groups is 1. The van der Waals surface area contributed by atoms with E-state index in [-0.39, 0.29) is 11.5 Å². The van der Waals surface area contributed by atoms with E-state index in [0.717, 1.165) is 12.2 Å². The van der Waals surface area contributed by atoms with Crippen LogP contribution in [0, 0.1) is 5.41 Å². The molecule has 1 atom stereocenters. The van der Waals surface area contributed by atoms with Gasteiger partial charge in [0.05, 0.1) is 5.56 Å². The maximum absolute atomic E-state index is 10.9. The molecule has 0 spiro atoms. The highest BCUT2D eigenvalue weighted by Gasteiger charge is 2.23. The molecule has 0 aliphatic carbocycles. The summed E-state index contributed by atoms with van der Waals surface area (Å²) in [6.45, 7) is 7.07. The van der Waals surface area contributed by atoms with Crippen molar-refractivity contribution in [2.75, 3.05) is 11.9 Å². The van der Waals surface area contributed by atoms with E-state index in [0.29, 0.717) is 12.1 Å². The van der Waals surface area contributed by atoms with Crippen molar-refractivity contribution in [3.05, 3.63) is 23.9 Å². The van der Waals surface area contributed by atoms with Crippen molar-refractivity contribution in [2.24, 2.45) is 16.9 Å². The molecule has 0 aliphatic heterocycles. The van der Waals surface area contributed by atoms with E-state index in [1.807, 2.05) is 0 Å². The largest absolute Gasteiger partial charge is 0.367 e. The van der Waals surface area contributed by atoms with Crippen LogP contribution in [0.1, 0.15) is 37.6 Å². The smallest absolute Gasteiger partial charge is 0.250 e. The number of carbonyl (C=O) groups excluding carboxylic acids is 1. The third-order valence-electron chi connectivity index (χ3n) is 2.87. The number of nitrogens with zero attached hydrogens (tertiary/aromatic N) is 1. The summed E-state index contributed by atoms with van der Waals surface area (Å²) in [6.07, 6.45) is 2.34. The van der Waals surface area contributed by atoms with Crippen molar-refractivity contribution in [1.29, 1.82) is 0 Å². The molecule has 5 heteroatoms. The summed E-state index contributed by atoms with van der Waals surface area (Å²) >= 11 is 0. The summed E-state index contributed by atoms with van der Waals surface area (Å²) < 4.78 is 0. The molecule has 100 valence electrons. The van der Waals surface area contributed by atoms with E-state index in [9.17, 15) is 4.79 Å². The van der Waals surface area contributed by atoms with Crippen molar-refractivity contribution in [3.8, 4) is 0 Å². The molecular weight excluding hydrogens is 228 g/mol. The number of aromatic nitrogens is 1. The second kappa shape index (κ2) is 5.82. The van der Waals surface area contributed by atoms with Crippen molar-refractivity contribution in [2.45, 2.75) is 33.2 Å². The number of pyridine rings is 1. The summed E-state index contributed by atoms with van der Waals surface area (Å²) in [5, 5.41) is 3.34. The van der Waals surface area contributed by atoms with Crippen molar-refractivity contribution in [1.82, 2.24) is 4.98 Å². The Morgan fingerprint density at radius 2 is 2.11 bits per heavy atom. The first-order chi connectivity index (χ1) is 8.34. The molecule has 1 unspecified atom stereocenters. The lowest BCUT2D eigenvalue weighted by Crippen LogP contribution is -2.36. The summed E-state index contributed by atoms with van der Waals surface area (Å²) in [5.41, 5.74) is 11.3. The highest BCUT2D eigenvalue weighted by molar-refractivity contribution is 5.92. The number of primary amides is 1. The lowest BCUT2D eigenvalue weighted by atomic mass is 9.85. The number of nitrogens with two attached hydrogens (primary N) is 2. The van der Waals surface area contributed by atoms with Gasteiger partial charge in [0.1, 0.15) is 5.82 Å². The molecule has 0 aliphatic rings. The molecule has 1 aromatic heterocycles. The quantitative estimate of drug-likeness (QED) is 0.735. The van der Waals surface area contributed by atoms with Gasteiger partial charge in [0.25, 0.3) is 0 Å². The lowest BCUT2D eigenvalue weighted by Gasteiger charge is -2.31. The number of rotatable bonds is 5. The van der Waals surface area contributed by atoms with E-state index >= 15 is 0 Å². The van der Waals surface area contributed by atoms with Crippen molar-refractivity contribution < 1.29 is 4.79 Å². The van der Waals surface area contributed by atoms with Gasteiger partial charge in [-0.15, -0.1) is 0 Å². The van der Waals surface area contributed by atoms with Crippen LogP contribution in [-0.2, 0) is 0 Å². The Morgan fingerprint density at radius 3 is 2.50 bits per heavy atom. The Bertz CT molecular complexity index is 394. The van der Waals surface area contributed by atoms with Gasteiger partial charge in [-0.1, -0.05) is 20.8 Å². The van der Waals surface area contributed by atoms with Crippen LogP contribution >= 0.6 is 0 Å². The Balaban J connectivity index is 2.78. The van der Waals surface area contributed by atoms with E-state index in [1.165, 1.54) is 6.20 Å². The zero-order valence-electron chi connectivity index (χ0n) is 11.2. The molecule has 5 N–H and O–H groups in total. The van der Waals surface area contributed by atoms with E-state index in [4.69, 9.17) is 11.5 Å². The predicted molar refractivity (Wildman–Crippen MR) is 73.3 cm³/mol. The standard InChI is InChI=1S/C13H22N4O/c1-13(2,3)10(6-7-14)17-11-5-4-9(8-16-11)12(15)18/h4-5,8,10H,6-7,14H2,1-3H3,(H2,15,18)(H,16,17). The fraction of sp³-hybridized carbons (Fsp3) is 0.538. The minimum atomic E-state index is -0.469. The molecule has 1 aromatic rings. The highest BCUT2D eigenvalue weighted by atomic mass is 16.1. The molecule has 1 rings (SSSR count).